The Morgan fingerprint density at radius 2 is 2.22 bits per heavy atom. The largest absolute Gasteiger partial charge is 0.271 e. The molecule has 1 aromatic carbocycles. The molecule has 1 heterocycles. The van der Waals surface area contributed by atoms with E-state index in [0.717, 1.165) is 15.8 Å². The van der Waals surface area contributed by atoms with Crippen molar-refractivity contribution in [3.8, 4) is 0 Å². The molecule has 5 heteroatoms. The second-order valence-corrected chi connectivity index (χ2v) is 5.78. The highest BCUT2D eigenvalue weighted by Gasteiger charge is 2.10. The van der Waals surface area contributed by atoms with Gasteiger partial charge < -0.3 is 0 Å². The molecule has 0 fully saturated rings. The average Bonchev–Trinajstić information content (AvgIpc) is 2.41. The van der Waals surface area contributed by atoms with Gasteiger partial charge in [0.1, 0.15) is 0 Å². The molecule has 2 rings (SSSR count). The van der Waals surface area contributed by atoms with Crippen LogP contribution >= 0.6 is 27.7 Å². The monoisotopic (exact) mass is 323 g/mol. The highest BCUT2D eigenvalue weighted by molar-refractivity contribution is 9.10. The molecule has 0 aliphatic carbocycles. The van der Waals surface area contributed by atoms with Crippen LogP contribution in [0.1, 0.15) is 11.6 Å². The van der Waals surface area contributed by atoms with Crippen molar-refractivity contribution in [2.24, 2.45) is 5.84 Å². The molecule has 1 unspecified atom stereocenters. The summed E-state index contributed by atoms with van der Waals surface area (Å²) in [4.78, 5) is 5.33. The van der Waals surface area contributed by atoms with Crippen LogP contribution in [0.2, 0.25) is 0 Å². The van der Waals surface area contributed by atoms with E-state index in [2.05, 4.69) is 38.5 Å². The minimum atomic E-state index is 0.0997. The number of halogens is 1. The number of hydrogen-bond donors (Lipinski definition) is 2. The number of nitrogens with zero attached hydrogens (tertiary/aromatic N) is 1. The molecule has 0 radical (unpaired) electrons. The Balaban J connectivity index is 2.00. The van der Waals surface area contributed by atoms with E-state index in [0.29, 0.717) is 0 Å². The van der Waals surface area contributed by atoms with Gasteiger partial charge in [-0.05, 0) is 29.8 Å². The maximum absolute atomic E-state index is 5.60. The van der Waals surface area contributed by atoms with Crippen LogP contribution in [0, 0.1) is 0 Å². The number of pyridine rings is 1. The second kappa shape index (κ2) is 6.89. The molecule has 0 spiro atoms. The van der Waals surface area contributed by atoms with Gasteiger partial charge >= 0.3 is 0 Å². The lowest BCUT2D eigenvalue weighted by molar-refractivity contribution is 0.608. The molecule has 18 heavy (non-hydrogen) atoms. The van der Waals surface area contributed by atoms with Crippen molar-refractivity contribution >= 4 is 27.7 Å². The van der Waals surface area contributed by atoms with Crippen molar-refractivity contribution in [3.63, 3.8) is 0 Å². The van der Waals surface area contributed by atoms with Crippen LogP contribution < -0.4 is 11.3 Å². The number of aromatic nitrogens is 1. The molecular weight excluding hydrogens is 310 g/mol. The molecule has 0 saturated carbocycles. The molecule has 0 bridgehead atoms. The number of thioether (sulfide) groups is 1. The predicted octanol–water partition coefficient (Wildman–Crippen LogP) is 3.14. The first-order chi connectivity index (χ1) is 8.79. The van der Waals surface area contributed by atoms with E-state index in [4.69, 9.17) is 5.84 Å². The third-order valence-electron chi connectivity index (χ3n) is 2.50. The van der Waals surface area contributed by atoms with Gasteiger partial charge in [0.15, 0.2) is 0 Å². The lowest BCUT2D eigenvalue weighted by Crippen LogP contribution is -2.29. The van der Waals surface area contributed by atoms with Crippen LogP contribution in [-0.4, -0.2) is 10.7 Å². The molecule has 0 saturated heterocycles. The van der Waals surface area contributed by atoms with E-state index in [9.17, 15) is 0 Å². The quantitative estimate of drug-likeness (QED) is 0.504. The summed E-state index contributed by atoms with van der Waals surface area (Å²) in [7, 11) is 0. The summed E-state index contributed by atoms with van der Waals surface area (Å²) >= 11 is 5.23. The third-order valence-corrected chi connectivity index (χ3v) is 4.08. The smallest absolute Gasteiger partial charge is 0.0569 e. The van der Waals surface area contributed by atoms with Crippen molar-refractivity contribution in [1.29, 1.82) is 0 Å². The molecule has 1 atom stereocenters. The first-order valence-electron chi connectivity index (χ1n) is 5.54. The molecule has 2 aromatic rings. The lowest BCUT2D eigenvalue weighted by Gasteiger charge is -2.15. The van der Waals surface area contributed by atoms with Gasteiger partial charge in [0, 0.05) is 27.5 Å². The maximum Gasteiger partial charge on any atom is 0.0569 e. The van der Waals surface area contributed by atoms with Gasteiger partial charge in [-0.1, -0.05) is 28.1 Å². The van der Waals surface area contributed by atoms with Gasteiger partial charge in [-0.25, -0.2) is 0 Å². The van der Waals surface area contributed by atoms with Crippen LogP contribution in [0.15, 0.2) is 58.2 Å². The van der Waals surface area contributed by atoms with E-state index in [1.54, 1.807) is 18.0 Å². The lowest BCUT2D eigenvalue weighted by atomic mass is 10.1. The molecule has 0 amide bonds. The Morgan fingerprint density at radius 1 is 1.33 bits per heavy atom. The van der Waals surface area contributed by atoms with E-state index in [-0.39, 0.29) is 6.04 Å². The highest BCUT2D eigenvalue weighted by atomic mass is 79.9. The van der Waals surface area contributed by atoms with Gasteiger partial charge in [-0.2, -0.15) is 0 Å². The molecule has 3 N–H and O–H groups in total. The number of benzene rings is 1. The molecule has 1 aromatic heterocycles. The Morgan fingerprint density at radius 3 is 2.89 bits per heavy atom. The Hall–Kier alpha value is -0.880. The number of hydrogen-bond acceptors (Lipinski definition) is 4. The fourth-order valence-corrected chi connectivity index (χ4v) is 3.14. The minimum absolute atomic E-state index is 0.0997. The first-order valence-corrected chi connectivity index (χ1v) is 7.32. The van der Waals surface area contributed by atoms with Crippen LogP contribution in [0.5, 0.6) is 0 Å². The van der Waals surface area contributed by atoms with Gasteiger partial charge in [-0.3, -0.25) is 16.3 Å². The fraction of sp³-hybridized carbons (Fsp3) is 0.154. The number of hydrazine groups is 1. The number of nitrogens with one attached hydrogen (secondary N) is 1. The van der Waals surface area contributed by atoms with Gasteiger partial charge in [0.25, 0.3) is 0 Å². The van der Waals surface area contributed by atoms with E-state index in [1.807, 2.05) is 30.5 Å². The minimum Gasteiger partial charge on any atom is -0.271 e. The predicted molar refractivity (Wildman–Crippen MR) is 79.2 cm³/mol. The number of nitrogens with two attached hydrogens (primary N) is 1. The summed E-state index contributed by atoms with van der Waals surface area (Å²) in [5, 5.41) is 0. The summed E-state index contributed by atoms with van der Waals surface area (Å²) < 4.78 is 1.09. The second-order valence-electron chi connectivity index (χ2n) is 3.77. The summed E-state index contributed by atoms with van der Waals surface area (Å²) in [6, 6.07) is 12.3. The molecule has 94 valence electrons. The van der Waals surface area contributed by atoms with Crippen molar-refractivity contribution in [2.45, 2.75) is 10.9 Å². The summed E-state index contributed by atoms with van der Waals surface area (Å²) in [5.74, 6) is 6.46. The summed E-state index contributed by atoms with van der Waals surface area (Å²) in [6.07, 6.45) is 3.60. The van der Waals surface area contributed by atoms with Crippen molar-refractivity contribution in [2.75, 3.05) is 5.75 Å². The Bertz CT molecular complexity index is 493. The normalized spacial score (nSPS) is 12.3. The topological polar surface area (TPSA) is 50.9 Å². The zero-order chi connectivity index (χ0) is 12.8. The Kier molecular flexibility index (Phi) is 5.19. The van der Waals surface area contributed by atoms with Crippen LogP contribution in [-0.2, 0) is 0 Å². The zero-order valence-corrected chi connectivity index (χ0v) is 12.1. The van der Waals surface area contributed by atoms with Crippen molar-refractivity contribution in [1.82, 2.24) is 10.4 Å². The molecular formula is C13H14BrN3S. The van der Waals surface area contributed by atoms with E-state index in [1.165, 1.54) is 4.90 Å². The molecule has 3 nitrogen and oxygen atoms in total. The van der Waals surface area contributed by atoms with Crippen LogP contribution in [0.25, 0.3) is 0 Å². The summed E-state index contributed by atoms with van der Waals surface area (Å²) in [5.41, 5.74) is 3.93. The first kappa shape index (κ1) is 13.5. The highest BCUT2D eigenvalue weighted by Crippen LogP contribution is 2.26. The van der Waals surface area contributed by atoms with E-state index < -0.39 is 0 Å². The SMILES string of the molecule is NNC(CSc1cccc(Br)c1)c1cccnc1. The zero-order valence-electron chi connectivity index (χ0n) is 9.71. The number of rotatable bonds is 5. The standard InChI is InChI=1S/C13H14BrN3S/c14-11-4-1-5-12(7-11)18-9-13(17-15)10-3-2-6-16-8-10/h1-8,13,17H,9,15H2. The summed E-state index contributed by atoms with van der Waals surface area (Å²) in [6.45, 7) is 0. The molecule has 0 aliphatic heterocycles. The van der Waals surface area contributed by atoms with Gasteiger partial charge in [0.2, 0.25) is 0 Å². The molecule has 0 aliphatic rings. The average molecular weight is 324 g/mol. The van der Waals surface area contributed by atoms with E-state index >= 15 is 0 Å². The van der Waals surface area contributed by atoms with Gasteiger partial charge in [0.05, 0.1) is 6.04 Å². The fourth-order valence-electron chi connectivity index (χ4n) is 1.56. The van der Waals surface area contributed by atoms with Crippen molar-refractivity contribution < 1.29 is 0 Å². The van der Waals surface area contributed by atoms with Crippen LogP contribution in [0.4, 0.5) is 0 Å². The third kappa shape index (κ3) is 3.81. The van der Waals surface area contributed by atoms with Crippen molar-refractivity contribution in [3.05, 3.63) is 58.8 Å². The Labute approximate surface area is 119 Å². The van der Waals surface area contributed by atoms with Crippen LogP contribution in [0.3, 0.4) is 0 Å². The van der Waals surface area contributed by atoms with Gasteiger partial charge in [-0.15, -0.1) is 11.8 Å². The maximum atomic E-state index is 5.60.